The Morgan fingerprint density at radius 3 is 2.71 bits per heavy atom. The fourth-order valence-corrected chi connectivity index (χ4v) is 4.81. The van der Waals surface area contributed by atoms with Gasteiger partial charge in [-0.2, -0.15) is 5.10 Å². The number of nitrogens with zero attached hydrogens (tertiary/aromatic N) is 5. The van der Waals surface area contributed by atoms with E-state index < -0.39 is 5.60 Å². The zero-order chi connectivity index (χ0) is 24.0. The van der Waals surface area contributed by atoms with Crippen LogP contribution in [0.25, 0.3) is 33.5 Å². The van der Waals surface area contributed by atoms with Crippen LogP contribution in [0.5, 0.6) is 0 Å². The zero-order valence-electron chi connectivity index (χ0n) is 19.3. The van der Waals surface area contributed by atoms with Crippen LogP contribution < -0.4 is 11.1 Å². The average molecular weight is 483 g/mol. The molecule has 0 aromatic carbocycles. The number of hydrogen-bond acceptors (Lipinski definition) is 7. The number of halogens is 1. The van der Waals surface area contributed by atoms with Crippen molar-refractivity contribution < 1.29 is 9.53 Å². The second kappa shape index (κ2) is 8.43. The summed E-state index contributed by atoms with van der Waals surface area (Å²) in [7, 11) is 0. The van der Waals surface area contributed by atoms with Gasteiger partial charge in [-0.3, -0.25) is 0 Å². The Labute approximate surface area is 201 Å². The summed E-state index contributed by atoms with van der Waals surface area (Å²) in [6.07, 6.45) is 6.02. The summed E-state index contributed by atoms with van der Waals surface area (Å²) in [5, 5.41) is 9.89. The Morgan fingerprint density at radius 1 is 1.24 bits per heavy atom. The molecule has 178 valence electrons. The lowest BCUT2D eigenvalue weighted by atomic mass is 9.91. The summed E-state index contributed by atoms with van der Waals surface area (Å²) in [5.74, 6) is 0.342. The van der Waals surface area contributed by atoms with Crippen LogP contribution in [0, 0.1) is 0 Å². The number of anilines is 1. The Kier molecular flexibility index (Phi) is 5.55. The lowest BCUT2D eigenvalue weighted by Crippen LogP contribution is -2.41. The minimum atomic E-state index is -0.523. The van der Waals surface area contributed by atoms with E-state index in [0.717, 1.165) is 31.1 Å². The maximum Gasteiger partial charge on any atom is 0.407 e. The summed E-state index contributed by atoms with van der Waals surface area (Å²) >= 11 is 6.70. The van der Waals surface area contributed by atoms with Crippen molar-refractivity contribution in [1.82, 2.24) is 35.0 Å². The average Bonchev–Trinajstić information content (AvgIpc) is 3.32. The Balaban J connectivity index is 1.44. The highest BCUT2D eigenvalue weighted by atomic mass is 35.5. The topological polar surface area (TPSA) is 137 Å². The molecule has 0 radical (unpaired) electrons. The first-order valence-electron chi connectivity index (χ1n) is 11.3. The molecule has 34 heavy (non-hydrogen) atoms. The van der Waals surface area contributed by atoms with Gasteiger partial charge in [0.25, 0.3) is 0 Å². The van der Waals surface area contributed by atoms with Gasteiger partial charge in [0.2, 0.25) is 0 Å². The van der Waals surface area contributed by atoms with Crippen LogP contribution >= 0.6 is 11.6 Å². The molecule has 1 aliphatic rings. The van der Waals surface area contributed by atoms with Crippen LogP contribution in [0.3, 0.4) is 0 Å². The first-order chi connectivity index (χ1) is 16.2. The van der Waals surface area contributed by atoms with E-state index in [1.54, 1.807) is 6.20 Å². The van der Waals surface area contributed by atoms with Gasteiger partial charge in [-0.15, -0.1) is 0 Å². The fourth-order valence-electron chi connectivity index (χ4n) is 4.52. The van der Waals surface area contributed by atoms with Gasteiger partial charge in [0.1, 0.15) is 29.1 Å². The molecular weight excluding hydrogens is 456 g/mol. The number of hydrogen-bond donors (Lipinski definition) is 3. The highest BCUT2D eigenvalue weighted by molar-refractivity contribution is 6.38. The van der Waals surface area contributed by atoms with Gasteiger partial charge in [-0.25, -0.2) is 24.4 Å². The van der Waals surface area contributed by atoms with E-state index in [2.05, 4.69) is 25.3 Å². The van der Waals surface area contributed by atoms with Crippen molar-refractivity contribution in [2.24, 2.45) is 0 Å². The first-order valence-corrected chi connectivity index (χ1v) is 11.7. The van der Waals surface area contributed by atoms with Gasteiger partial charge in [0.05, 0.1) is 22.1 Å². The van der Waals surface area contributed by atoms with Crippen molar-refractivity contribution in [3.63, 3.8) is 0 Å². The normalized spacial score (nSPS) is 18.9. The summed E-state index contributed by atoms with van der Waals surface area (Å²) in [6, 6.07) is 3.90. The molecule has 1 aliphatic carbocycles. The number of fused-ring (bicyclic) bond motifs is 2. The van der Waals surface area contributed by atoms with E-state index in [1.165, 1.54) is 6.33 Å². The van der Waals surface area contributed by atoms with Gasteiger partial charge in [-0.1, -0.05) is 11.6 Å². The van der Waals surface area contributed by atoms with Crippen molar-refractivity contribution >= 4 is 45.6 Å². The fraction of sp³-hybridized carbons (Fsp3) is 0.435. The number of carbonyl (C=O) groups excluding carboxylic acids is 1. The molecule has 0 unspecified atom stereocenters. The molecule has 4 N–H and O–H groups in total. The van der Waals surface area contributed by atoms with Gasteiger partial charge < -0.3 is 20.8 Å². The van der Waals surface area contributed by atoms with Crippen LogP contribution in [0.1, 0.15) is 52.5 Å². The number of H-pyrrole nitrogens is 1. The van der Waals surface area contributed by atoms with E-state index in [4.69, 9.17) is 27.2 Å². The number of nitrogen functional groups attached to an aromatic ring is 1. The highest BCUT2D eigenvalue weighted by Crippen LogP contribution is 2.39. The molecule has 0 aliphatic heterocycles. The number of pyridine rings is 1. The lowest BCUT2D eigenvalue weighted by Gasteiger charge is -2.30. The van der Waals surface area contributed by atoms with Crippen molar-refractivity contribution in [3.05, 3.63) is 29.7 Å². The van der Waals surface area contributed by atoms with Crippen molar-refractivity contribution in [1.29, 1.82) is 0 Å². The Morgan fingerprint density at radius 2 is 2.00 bits per heavy atom. The van der Waals surface area contributed by atoms with E-state index in [1.807, 2.05) is 37.6 Å². The third-order valence-corrected chi connectivity index (χ3v) is 6.42. The Bertz CT molecular complexity index is 1360. The SMILES string of the molecule is CC(C)(C)OC(=O)N[C@H]1CC[C@H](n2nc(-c3[nH]c4ncccc4c3Cl)c3c(N)ncnc32)CC1. The van der Waals surface area contributed by atoms with E-state index in [9.17, 15) is 4.79 Å². The molecule has 1 saturated carbocycles. The van der Waals surface area contributed by atoms with Gasteiger partial charge >= 0.3 is 6.09 Å². The predicted octanol–water partition coefficient (Wildman–Crippen LogP) is 4.61. The standard InChI is InChI=1S/C23H27ClN8O2/c1-23(2,3)34-22(33)29-12-6-8-13(9-7-12)32-21-15(19(25)27-11-28-21)17(31-32)18-16(24)14-5-4-10-26-20(14)30-18/h4-5,10-13H,6-9H2,1-3H3,(H,26,30)(H,29,33)(H2,25,27,28)/t12-,13-. The molecule has 0 saturated heterocycles. The molecule has 0 bridgehead atoms. The molecule has 4 aromatic heterocycles. The van der Waals surface area contributed by atoms with Crippen molar-refractivity contribution in [3.8, 4) is 11.4 Å². The number of ether oxygens (including phenoxy) is 1. The van der Waals surface area contributed by atoms with Gasteiger partial charge in [0, 0.05) is 17.6 Å². The maximum atomic E-state index is 12.2. The Hall–Kier alpha value is -3.40. The maximum absolute atomic E-state index is 12.2. The van der Waals surface area contributed by atoms with Crippen molar-refractivity contribution in [2.75, 3.05) is 5.73 Å². The van der Waals surface area contributed by atoms with Crippen LogP contribution in [0.2, 0.25) is 5.02 Å². The monoisotopic (exact) mass is 482 g/mol. The minimum absolute atomic E-state index is 0.0568. The number of nitrogens with two attached hydrogens (primary N) is 1. The second-order valence-electron chi connectivity index (χ2n) is 9.62. The van der Waals surface area contributed by atoms with Gasteiger partial charge in [0.15, 0.2) is 5.65 Å². The highest BCUT2D eigenvalue weighted by Gasteiger charge is 2.29. The number of alkyl carbamates (subject to hydrolysis) is 1. The summed E-state index contributed by atoms with van der Waals surface area (Å²) in [6.45, 7) is 5.56. The number of rotatable bonds is 3. The van der Waals surface area contributed by atoms with Crippen LogP contribution in [-0.4, -0.2) is 47.5 Å². The molecule has 0 atom stereocenters. The number of aromatic amines is 1. The van der Waals surface area contributed by atoms with Gasteiger partial charge in [-0.05, 0) is 58.6 Å². The molecule has 0 spiro atoms. The molecule has 10 nitrogen and oxygen atoms in total. The largest absolute Gasteiger partial charge is 0.444 e. The molecule has 5 rings (SSSR count). The van der Waals surface area contributed by atoms with Crippen LogP contribution in [0.15, 0.2) is 24.7 Å². The number of nitrogens with one attached hydrogen (secondary N) is 2. The molecule has 4 heterocycles. The summed E-state index contributed by atoms with van der Waals surface area (Å²) < 4.78 is 7.31. The van der Waals surface area contributed by atoms with E-state index in [0.29, 0.717) is 38.9 Å². The summed E-state index contributed by atoms with van der Waals surface area (Å²) in [4.78, 5) is 28.5. The van der Waals surface area contributed by atoms with E-state index in [-0.39, 0.29) is 18.2 Å². The third kappa shape index (κ3) is 4.13. The molecule has 1 fully saturated rings. The number of carbonyl (C=O) groups is 1. The molecule has 1 amide bonds. The summed E-state index contributed by atoms with van der Waals surface area (Å²) in [5.41, 5.74) is 8.33. The second-order valence-corrected chi connectivity index (χ2v) is 9.99. The molecule has 4 aromatic rings. The third-order valence-electron chi connectivity index (χ3n) is 6.03. The number of amides is 1. The molecule has 11 heteroatoms. The lowest BCUT2D eigenvalue weighted by molar-refractivity contribution is 0.0487. The van der Waals surface area contributed by atoms with Crippen LogP contribution in [0.4, 0.5) is 10.6 Å². The quantitative estimate of drug-likeness (QED) is 0.387. The zero-order valence-corrected chi connectivity index (χ0v) is 20.1. The van der Waals surface area contributed by atoms with Crippen molar-refractivity contribution in [2.45, 2.75) is 64.1 Å². The molecular formula is C23H27ClN8O2. The first kappa shape index (κ1) is 22.4. The minimum Gasteiger partial charge on any atom is -0.444 e. The number of aromatic nitrogens is 6. The smallest absolute Gasteiger partial charge is 0.407 e. The van der Waals surface area contributed by atoms with E-state index >= 15 is 0 Å². The predicted molar refractivity (Wildman–Crippen MR) is 130 cm³/mol. The van der Waals surface area contributed by atoms with Crippen LogP contribution in [-0.2, 0) is 4.74 Å².